The number of anilines is 1. The van der Waals surface area contributed by atoms with Gasteiger partial charge in [0.15, 0.2) is 5.69 Å². The zero-order valence-electron chi connectivity index (χ0n) is 8.08. The smallest absolute Gasteiger partial charge is 0.433 e. The van der Waals surface area contributed by atoms with Gasteiger partial charge in [-0.05, 0) is 0 Å². The third-order valence-corrected chi connectivity index (χ3v) is 1.47. The number of ether oxygens (including phenoxy) is 1. The molecule has 0 aliphatic rings. The van der Waals surface area contributed by atoms with E-state index in [1.165, 1.54) is 6.08 Å². The Hall–Kier alpha value is -1.83. The van der Waals surface area contributed by atoms with Gasteiger partial charge in [0.05, 0.1) is 0 Å². The minimum Gasteiger partial charge on any atom is -0.473 e. The second-order valence-electron chi connectivity index (χ2n) is 2.66. The van der Waals surface area contributed by atoms with Crippen LogP contribution in [-0.4, -0.2) is 16.6 Å². The number of rotatable bonds is 4. The third-order valence-electron chi connectivity index (χ3n) is 1.47. The highest BCUT2D eigenvalue weighted by Crippen LogP contribution is 2.29. The molecule has 0 atom stereocenters. The number of nitrogens with one attached hydrogen (secondary N) is 1. The van der Waals surface area contributed by atoms with Crippen molar-refractivity contribution in [3.63, 3.8) is 0 Å². The van der Waals surface area contributed by atoms with Gasteiger partial charge < -0.3 is 4.74 Å². The van der Waals surface area contributed by atoms with Gasteiger partial charge in [-0.25, -0.2) is 10.8 Å². The van der Waals surface area contributed by atoms with Crippen molar-refractivity contribution >= 4 is 5.95 Å². The first-order chi connectivity index (χ1) is 7.47. The Labute approximate surface area is 89.1 Å². The molecule has 0 fully saturated rings. The fourth-order valence-corrected chi connectivity index (χ4v) is 0.853. The lowest BCUT2D eigenvalue weighted by Crippen LogP contribution is -2.16. The Morgan fingerprint density at radius 3 is 2.69 bits per heavy atom. The Morgan fingerprint density at radius 2 is 2.19 bits per heavy atom. The van der Waals surface area contributed by atoms with Crippen LogP contribution in [0.5, 0.6) is 5.88 Å². The number of alkyl halides is 3. The van der Waals surface area contributed by atoms with Crippen LogP contribution in [0.15, 0.2) is 18.7 Å². The summed E-state index contributed by atoms with van der Waals surface area (Å²) < 4.78 is 42.0. The van der Waals surface area contributed by atoms with Gasteiger partial charge in [-0.15, -0.1) is 0 Å². The second-order valence-corrected chi connectivity index (χ2v) is 2.66. The lowest BCUT2D eigenvalue weighted by Gasteiger charge is -2.09. The van der Waals surface area contributed by atoms with Crippen LogP contribution < -0.4 is 16.0 Å². The van der Waals surface area contributed by atoms with Gasteiger partial charge in [0.1, 0.15) is 6.61 Å². The summed E-state index contributed by atoms with van der Waals surface area (Å²) in [6.07, 6.45) is -3.20. The fraction of sp³-hybridized carbons (Fsp3) is 0.250. The zero-order chi connectivity index (χ0) is 12.2. The van der Waals surface area contributed by atoms with Crippen LogP contribution in [0.2, 0.25) is 0 Å². The van der Waals surface area contributed by atoms with Crippen LogP contribution >= 0.6 is 0 Å². The molecule has 8 heteroatoms. The summed E-state index contributed by atoms with van der Waals surface area (Å²) in [4.78, 5) is 6.74. The van der Waals surface area contributed by atoms with Crippen molar-refractivity contribution < 1.29 is 17.9 Å². The Morgan fingerprint density at radius 1 is 1.50 bits per heavy atom. The van der Waals surface area contributed by atoms with Crippen molar-refractivity contribution in [1.29, 1.82) is 0 Å². The molecule has 0 spiro atoms. The number of hydrogen-bond acceptors (Lipinski definition) is 5. The summed E-state index contributed by atoms with van der Waals surface area (Å²) >= 11 is 0. The van der Waals surface area contributed by atoms with E-state index in [9.17, 15) is 13.2 Å². The lowest BCUT2D eigenvalue weighted by atomic mass is 10.4. The van der Waals surface area contributed by atoms with Gasteiger partial charge in [-0.3, -0.25) is 5.43 Å². The van der Waals surface area contributed by atoms with Gasteiger partial charge in [0, 0.05) is 6.07 Å². The van der Waals surface area contributed by atoms with Crippen molar-refractivity contribution in [1.82, 2.24) is 9.97 Å². The van der Waals surface area contributed by atoms with E-state index < -0.39 is 11.9 Å². The molecule has 0 unspecified atom stereocenters. The van der Waals surface area contributed by atoms with Gasteiger partial charge in [-0.1, -0.05) is 12.7 Å². The lowest BCUT2D eigenvalue weighted by molar-refractivity contribution is -0.141. The molecule has 88 valence electrons. The highest BCUT2D eigenvalue weighted by atomic mass is 19.4. The first-order valence-corrected chi connectivity index (χ1v) is 4.14. The number of nitrogens with zero attached hydrogens (tertiary/aromatic N) is 2. The van der Waals surface area contributed by atoms with Crippen molar-refractivity contribution in [2.75, 3.05) is 12.0 Å². The van der Waals surface area contributed by atoms with E-state index in [1.807, 2.05) is 5.43 Å². The molecule has 0 bridgehead atoms. The Kier molecular flexibility index (Phi) is 3.67. The predicted molar refractivity (Wildman–Crippen MR) is 50.5 cm³/mol. The number of nitrogens with two attached hydrogens (primary N) is 1. The highest BCUT2D eigenvalue weighted by molar-refractivity contribution is 5.30. The molecule has 0 saturated heterocycles. The van der Waals surface area contributed by atoms with Gasteiger partial charge in [0.2, 0.25) is 11.8 Å². The quantitative estimate of drug-likeness (QED) is 0.467. The molecule has 0 aliphatic heterocycles. The molecule has 1 aromatic rings. The predicted octanol–water partition coefficient (Wildman–Crippen LogP) is 1.35. The molecular formula is C8H9F3N4O. The molecule has 16 heavy (non-hydrogen) atoms. The molecule has 0 aliphatic carbocycles. The molecule has 0 radical (unpaired) electrons. The van der Waals surface area contributed by atoms with Crippen LogP contribution in [0.3, 0.4) is 0 Å². The fourth-order valence-electron chi connectivity index (χ4n) is 0.853. The second kappa shape index (κ2) is 4.79. The number of hydrogen-bond donors (Lipinski definition) is 2. The Bertz CT molecular complexity index is 380. The van der Waals surface area contributed by atoms with E-state index in [1.54, 1.807) is 0 Å². The molecule has 0 aromatic carbocycles. The number of halogens is 3. The van der Waals surface area contributed by atoms with Crippen molar-refractivity contribution in [2.45, 2.75) is 6.18 Å². The van der Waals surface area contributed by atoms with Crippen molar-refractivity contribution in [3.8, 4) is 5.88 Å². The van der Waals surface area contributed by atoms with Crippen molar-refractivity contribution in [2.24, 2.45) is 5.84 Å². The standard InChI is InChI=1S/C8H9F3N4O/c1-2-3-16-6-4-5(8(9,10)11)13-7(14-6)15-12/h2,4H,1,3,12H2,(H,13,14,15). The number of aromatic nitrogens is 2. The normalized spacial score (nSPS) is 11.0. The van der Waals surface area contributed by atoms with Crippen LogP contribution in [0, 0.1) is 0 Å². The largest absolute Gasteiger partial charge is 0.473 e. The maximum Gasteiger partial charge on any atom is 0.433 e. The minimum absolute atomic E-state index is 0.0400. The molecule has 3 N–H and O–H groups in total. The first-order valence-electron chi connectivity index (χ1n) is 4.14. The first kappa shape index (κ1) is 12.2. The van der Waals surface area contributed by atoms with E-state index in [-0.39, 0.29) is 18.4 Å². The molecule has 0 saturated carbocycles. The summed E-state index contributed by atoms with van der Waals surface area (Å²) in [7, 11) is 0. The maximum absolute atomic E-state index is 12.4. The van der Waals surface area contributed by atoms with Crippen LogP contribution in [0.25, 0.3) is 0 Å². The van der Waals surface area contributed by atoms with E-state index in [4.69, 9.17) is 10.6 Å². The van der Waals surface area contributed by atoms with Crippen LogP contribution in [0.4, 0.5) is 19.1 Å². The van der Waals surface area contributed by atoms with Gasteiger partial charge in [-0.2, -0.15) is 18.2 Å². The minimum atomic E-state index is -4.58. The SMILES string of the molecule is C=CCOc1cc(C(F)(F)F)nc(NN)n1. The summed E-state index contributed by atoms with van der Waals surface area (Å²) in [6, 6.07) is 0.685. The molecule has 5 nitrogen and oxygen atoms in total. The van der Waals surface area contributed by atoms with Crippen LogP contribution in [-0.2, 0) is 6.18 Å². The topological polar surface area (TPSA) is 73.1 Å². The van der Waals surface area contributed by atoms with Crippen molar-refractivity contribution in [3.05, 3.63) is 24.4 Å². The number of hydrazine groups is 1. The molecule has 0 amide bonds. The van der Waals surface area contributed by atoms with Gasteiger partial charge >= 0.3 is 6.18 Å². The zero-order valence-corrected chi connectivity index (χ0v) is 8.08. The molecular weight excluding hydrogens is 225 g/mol. The summed E-state index contributed by atoms with van der Waals surface area (Å²) in [5.41, 5.74) is 0.798. The van der Waals surface area contributed by atoms with E-state index >= 15 is 0 Å². The Balaban J connectivity index is 3.05. The van der Waals surface area contributed by atoms with Gasteiger partial charge in [0.25, 0.3) is 0 Å². The molecule has 1 heterocycles. The number of nitrogen functional groups attached to an aromatic ring is 1. The highest BCUT2D eigenvalue weighted by Gasteiger charge is 2.34. The third kappa shape index (κ3) is 3.09. The average molecular weight is 234 g/mol. The van der Waals surface area contributed by atoms with Crippen LogP contribution in [0.1, 0.15) is 5.69 Å². The molecule has 1 rings (SSSR count). The summed E-state index contributed by atoms with van der Waals surface area (Å²) in [5.74, 6) is 4.35. The molecule has 1 aromatic heterocycles. The van der Waals surface area contributed by atoms with E-state index in [2.05, 4.69) is 16.5 Å². The maximum atomic E-state index is 12.4. The summed E-state index contributed by atoms with van der Waals surface area (Å²) in [5, 5.41) is 0. The average Bonchev–Trinajstić information content (AvgIpc) is 2.24. The van der Waals surface area contributed by atoms with E-state index in [0.717, 1.165) is 0 Å². The van der Waals surface area contributed by atoms with E-state index in [0.29, 0.717) is 6.07 Å². The summed E-state index contributed by atoms with van der Waals surface area (Å²) in [6.45, 7) is 3.40. The monoisotopic (exact) mass is 234 g/mol.